The van der Waals surface area contributed by atoms with E-state index in [4.69, 9.17) is 4.74 Å². The van der Waals surface area contributed by atoms with Crippen molar-refractivity contribution in [3.63, 3.8) is 0 Å². The molecular weight excluding hydrogens is 420 g/mol. The molecule has 1 aromatic rings. The van der Waals surface area contributed by atoms with Crippen LogP contribution in [0.25, 0.3) is 0 Å². The minimum absolute atomic E-state index is 0.0268. The molecule has 4 aliphatic rings. The summed E-state index contributed by atoms with van der Waals surface area (Å²) in [7, 11) is 0. The molecule has 3 heterocycles. The quantitative estimate of drug-likeness (QED) is 0.732. The molecule has 0 spiro atoms. The van der Waals surface area contributed by atoms with E-state index in [1.807, 2.05) is 34.1 Å². The van der Waals surface area contributed by atoms with E-state index in [2.05, 4.69) is 10.2 Å². The van der Waals surface area contributed by atoms with E-state index in [1.165, 1.54) is 0 Å². The fourth-order valence-corrected chi connectivity index (χ4v) is 5.14. The molecule has 8 nitrogen and oxygen atoms in total. The predicted octanol–water partition coefficient (Wildman–Crippen LogP) is 1.64. The summed E-state index contributed by atoms with van der Waals surface area (Å²) < 4.78 is 5.54. The zero-order valence-electron chi connectivity index (χ0n) is 19.2. The number of carbonyl (C=O) groups is 3. The summed E-state index contributed by atoms with van der Waals surface area (Å²) in [6, 6.07) is 8.05. The predicted molar refractivity (Wildman–Crippen MR) is 124 cm³/mol. The van der Waals surface area contributed by atoms with Gasteiger partial charge < -0.3 is 24.8 Å². The standard InChI is InChI=1S/C25H34N4O4/c30-23(18-7-8-18)26-19-9-11-27(12-10-19)21-5-2-1-4-20(21)24(31)28-13-15-29(16-14-28)25(32)22-6-3-17-33-22/h1-2,4-5,18-19,22H,3,6-17H2,(H,26,30)/t22-/m1/s1. The smallest absolute Gasteiger partial charge is 0.256 e. The van der Waals surface area contributed by atoms with E-state index in [1.54, 1.807) is 0 Å². The molecule has 3 amide bonds. The summed E-state index contributed by atoms with van der Waals surface area (Å²) in [6.45, 7) is 4.50. The summed E-state index contributed by atoms with van der Waals surface area (Å²) in [4.78, 5) is 44.1. The number of amides is 3. The third kappa shape index (κ3) is 5.00. The van der Waals surface area contributed by atoms with Gasteiger partial charge in [0.2, 0.25) is 5.91 Å². The average molecular weight is 455 g/mol. The normalized spacial score (nSPS) is 24.1. The lowest BCUT2D eigenvalue weighted by Gasteiger charge is -2.37. The fourth-order valence-electron chi connectivity index (χ4n) is 5.14. The van der Waals surface area contributed by atoms with Gasteiger partial charge in [-0.25, -0.2) is 0 Å². The Kier molecular flexibility index (Phi) is 6.53. The van der Waals surface area contributed by atoms with Crippen molar-refractivity contribution in [2.24, 2.45) is 5.92 Å². The Bertz CT molecular complexity index is 880. The number of piperazine rings is 1. The highest BCUT2D eigenvalue weighted by atomic mass is 16.5. The Labute approximate surface area is 195 Å². The van der Waals surface area contributed by atoms with Gasteiger partial charge in [0.05, 0.1) is 5.56 Å². The number of ether oxygens (including phenoxy) is 1. The van der Waals surface area contributed by atoms with Crippen LogP contribution in [0, 0.1) is 5.92 Å². The number of para-hydroxylation sites is 1. The number of benzene rings is 1. The summed E-state index contributed by atoms with van der Waals surface area (Å²) in [5, 5.41) is 3.19. The summed E-state index contributed by atoms with van der Waals surface area (Å²) in [5.74, 6) is 0.541. The molecule has 0 aromatic heterocycles. The first kappa shape index (κ1) is 22.2. The topological polar surface area (TPSA) is 82.2 Å². The molecule has 1 saturated carbocycles. The van der Waals surface area contributed by atoms with Gasteiger partial charge in [0.15, 0.2) is 0 Å². The van der Waals surface area contributed by atoms with E-state index in [0.29, 0.717) is 32.8 Å². The monoisotopic (exact) mass is 454 g/mol. The van der Waals surface area contributed by atoms with Gasteiger partial charge in [-0.2, -0.15) is 0 Å². The van der Waals surface area contributed by atoms with Gasteiger partial charge >= 0.3 is 0 Å². The summed E-state index contributed by atoms with van der Waals surface area (Å²) >= 11 is 0. The van der Waals surface area contributed by atoms with Crippen LogP contribution >= 0.6 is 0 Å². The molecule has 3 aliphatic heterocycles. The second-order valence-corrected chi connectivity index (χ2v) is 9.68. The van der Waals surface area contributed by atoms with Gasteiger partial charge in [-0.05, 0) is 50.7 Å². The van der Waals surface area contributed by atoms with Crippen LogP contribution in [0.2, 0.25) is 0 Å². The largest absolute Gasteiger partial charge is 0.371 e. The number of anilines is 1. The Balaban J connectivity index is 1.17. The molecule has 1 aliphatic carbocycles. The minimum atomic E-state index is -0.301. The zero-order valence-corrected chi connectivity index (χ0v) is 19.2. The maximum Gasteiger partial charge on any atom is 0.256 e. The van der Waals surface area contributed by atoms with Gasteiger partial charge in [-0.15, -0.1) is 0 Å². The van der Waals surface area contributed by atoms with E-state index in [-0.39, 0.29) is 35.8 Å². The molecule has 178 valence electrons. The van der Waals surface area contributed by atoms with Crippen molar-refractivity contribution in [1.82, 2.24) is 15.1 Å². The Morgan fingerprint density at radius 2 is 1.55 bits per heavy atom. The van der Waals surface area contributed by atoms with Gasteiger partial charge in [-0.1, -0.05) is 12.1 Å². The van der Waals surface area contributed by atoms with Crippen LogP contribution in [-0.2, 0) is 14.3 Å². The molecule has 3 saturated heterocycles. The maximum atomic E-state index is 13.4. The first-order valence-corrected chi connectivity index (χ1v) is 12.4. The first-order valence-electron chi connectivity index (χ1n) is 12.4. The van der Waals surface area contributed by atoms with Crippen molar-refractivity contribution in [3.05, 3.63) is 29.8 Å². The van der Waals surface area contributed by atoms with Crippen molar-refractivity contribution in [1.29, 1.82) is 0 Å². The van der Waals surface area contributed by atoms with Gasteiger partial charge in [0, 0.05) is 63.5 Å². The highest BCUT2D eigenvalue weighted by molar-refractivity contribution is 6.00. The summed E-state index contributed by atoms with van der Waals surface area (Å²) in [6.07, 6.45) is 5.27. The second-order valence-electron chi connectivity index (χ2n) is 9.68. The molecule has 1 N–H and O–H groups in total. The number of nitrogens with one attached hydrogen (secondary N) is 1. The number of carbonyl (C=O) groups excluding carboxylic acids is 3. The lowest BCUT2D eigenvalue weighted by Crippen LogP contribution is -2.53. The highest BCUT2D eigenvalue weighted by Gasteiger charge is 2.34. The minimum Gasteiger partial charge on any atom is -0.371 e. The van der Waals surface area contributed by atoms with Crippen LogP contribution in [0.4, 0.5) is 5.69 Å². The molecule has 4 fully saturated rings. The molecule has 5 rings (SSSR count). The van der Waals surface area contributed by atoms with Crippen molar-refractivity contribution < 1.29 is 19.1 Å². The van der Waals surface area contributed by atoms with Gasteiger partial charge in [0.1, 0.15) is 6.10 Å². The molecule has 0 unspecified atom stereocenters. The highest BCUT2D eigenvalue weighted by Crippen LogP contribution is 2.30. The van der Waals surface area contributed by atoms with Crippen molar-refractivity contribution in [2.45, 2.75) is 50.7 Å². The molecule has 1 aromatic carbocycles. The van der Waals surface area contributed by atoms with Crippen LogP contribution < -0.4 is 10.2 Å². The SMILES string of the molecule is O=C(NC1CCN(c2ccccc2C(=O)N2CCN(C(=O)[C@H]3CCCO3)CC2)CC1)C1CC1. The van der Waals surface area contributed by atoms with Crippen molar-refractivity contribution in [2.75, 3.05) is 50.8 Å². The van der Waals surface area contributed by atoms with E-state index in [9.17, 15) is 14.4 Å². The van der Waals surface area contributed by atoms with Crippen LogP contribution in [0.3, 0.4) is 0 Å². The number of rotatable bonds is 5. The molecular formula is C25H34N4O4. The van der Waals surface area contributed by atoms with Crippen molar-refractivity contribution in [3.8, 4) is 0 Å². The number of hydrogen-bond donors (Lipinski definition) is 1. The lowest BCUT2D eigenvalue weighted by molar-refractivity contribution is -0.142. The third-order valence-corrected chi connectivity index (χ3v) is 7.35. The Morgan fingerprint density at radius 1 is 0.848 bits per heavy atom. The van der Waals surface area contributed by atoms with Crippen LogP contribution in [0.15, 0.2) is 24.3 Å². The molecule has 1 atom stereocenters. The Morgan fingerprint density at radius 3 is 2.21 bits per heavy atom. The first-order chi connectivity index (χ1) is 16.1. The van der Waals surface area contributed by atoms with Crippen molar-refractivity contribution >= 4 is 23.4 Å². The fraction of sp³-hybridized carbons (Fsp3) is 0.640. The van der Waals surface area contributed by atoms with Crippen LogP contribution in [0.5, 0.6) is 0 Å². The number of nitrogens with zero attached hydrogens (tertiary/aromatic N) is 3. The lowest BCUT2D eigenvalue weighted by atomic mass is 10.0. The van der Waals surface area contributed by atoms with Gasteiger partial charge in [-0.3, -0.25) is 14.4 Å². The summed E-state index contributed by atoms with van der Waals surface area (Å²) in [5.41, 5.74) is 1.68. The molecule has 0 radical (unpaired) electrons. The van der Waals surface area contributed by atoms with Crippen LogP contribution in [-0.4, -0.2) is 85.5 Å². The molecule has 0 bridgehead atoms. The van der Waals surface area contributed by atoms with Gasteiger partial charge in [0.25, 0.3) is 11.8 Å². The average Bonchev–Trinajstić information content (AvgIpc) is 3.58. The van der Waals surface area contributed by atoms with Crippen LogP contribution in [0.1, 0.15) is 48.9 Å². The second kappa shape index (κ2) is 9.71. The third-order valence-electron chi connectivity index (χ3n) is 7.35. The molecule has 8 heteroatoms. The van der Waals surface area contributed by atoms with E-state index < -0.39 is 0 Å². The number of piperidine rings is 1. The number of hydrogen-bond acceptors (Lipinski definition) is 5. The molecule has 33 heavy (non-hydrogen) atoms. The van der Waals surface area contributed by atoms with E-state index >= 15 is 0 Å². The zero-order chi connectivity index (χ0) is 22.8. The Hall–Kier alpha value is -2.61. The maximum absolute atomic E-state index is 13.4. The van der Waals surface area contributed by atoms with E-state index in [0.717, 1.165) is 62.9 Å².